The molecule has 3 heteroatoms. The number of thioether (sulfide) groups is 1. The maximum atomic E-state index is 9.10. The number of hydrogen-bond acceptors (Lipinski definition) is 3. The number of hydrogen-bond donors (Lipinski definition) is 2. The van der Waals surface area contributed by atoms with Crippen molar-refractivity contribution in [1.29, 1.82) is 0 Å². The highest BCUT2D eigenvalue weighted by molar-refractivity contribution is 7.99. The molecule has 0 bridgehead atoms. The van der Waals surface area contributed by atoms with E-state index in [1.165, 1.54) is 25.7 Å². The van der Waals surface area contributed by atoms with Crippen molar-refractivity contribution in [2.45, 2.75) is 64.7 Å². The molecule has 0 amide bonds. The van der Waals surface area contributed by atoms with Crippen molar-refractivity contribution in [3.63, 3.8) is 0 Å². The first-order chi connectivity index (χ1) is 8.40. The number of aliphatic hydroxyl groups is 1. The molecule has 1 aliphatic rings. The normalized spacial score (nSPS) is 31.3. The highest BCUT2D eigenvalue weighted by Gasteiger charge is 2.36. The van der Waals surface area contributed by atoms with Gasteiger partial charge in [0, 0.05) is 17.9 Å². The third-order valence-corrected chi connectivity index (χ3v) is 6.50. The van der Waals surface area contributed by atoms with E-state index in [-0.39, 0.29) is 0 Å². The van der Waals surface area contributed by atoms with Crippen molar-refractivity contribution in [3.8, 4) is 0 Å². The van der Waals surface area contributed by atoms with Crippen molar-refractivity contribution in [2.24, 2.45) is 23.0 Å². The van der Waals surface area contributed by atoms with Crippen molar-refractivity contribution >= 4 is 11.8 Å². The molecule has 18 heavy (non-hydrogen) atoms. The first-order valence-electron chi connectivity index (χ1n) is 7.38. The average molecular weight is 273 g/mol. The van der Waals surface area contributed by atoms with Gasteiger partial charge in [0.2, 0.25) is 0 Å². The van der Waals surface area contributed by atoms with E-state index in [0.717, 1.165) is 11.7 Å². The average Bonchev–Trinajstić information content (AvgIpc) is 2.37. The summed E-state index contributed by atoms with van der Waals surface area (Å²) in [7, 11) is 0. The fourth-order valence-corrected chi connectivity index (χ4v) is 4.12. The summed E-state index contributed by atoms with van der Waals surface area (Å²) in [4.78, 5) is 0. The molecule has 1 aliphatic carbocycles. The first kappa shape index (κ1) is 16.3. The minimum Gasteiger partial charge on any atom is -0.396 e. The van der Waals surface area contributed by atoms with Crippen LogP contribution >= 0.6 is 11.8 Å². The number of nitrogens with two attached hydrogens (primary N) is 1. The van der Waals surface area contributed by atoms with Gasteiger partial charge in [-0.1, -0.05) is 34.1 Å². The van der Waals surface area contributed by atoms with Crippen molar-refractivity contribution in [1.82, 2.24) is 0 Å². The Kier molecular flexibility index (Phi) is 6.49. The summed E-state index contributed by atoms with van der Waals surface area (Å²) >= 11 is 1.98. The van der Waals surface area contributed by atoms with Crippen LogP contribution in [0.3, 0.4) is 0 Å². The van der Waals surface area contributed by atoms with Crippen LogP contribution in [-0.2, 0) is 0 Å². The standard InChI is InChI=1S/C15H31NOS/c1-5-15(3,4)12-6-7-13(16)14(8-12)18-10-11(2)9-17/h11-14,17H,5-10,16H2,1-4H3. The molecule has 2 nitrogen and oxygen atoms in total. The Hall–Kier alpha value is 0.270. The predicted octanol–water partition coefficient (Wildman–Crippen LogP) is 3.28. The maximum absolute atomic E-state index is 9.10. The highest BCUT2D eigenvalue weighted by atomic mass is 32.2. The lowest BCUT2D eigenvalue weighted by Gasteiger charge is -2.42. The van der Waals surface area contributed by atoms with E-state index in [9.17, 15) is 0 Å². The topological polar surface area (TPSA) is 46.2 Å². The third-order valence-electron chi connectivity index (χ3n) is 4.77. The van der Waals surface area contributed by atoms with Crippen molar-refractivity contribution in [2.75, 3.05) is 12.4 Å². The van der Waals surface area contributed by atoms with Crippen LogP contribution in [0, 0.1) is 17.3 Å². The molecule has 1 saturated carbocycles. The first-order valence-corrected chi connectivity index (χ1v) is 8.43. The zero-order chi connectivity index (χ0) is 13.8. The molecule has 0 spiro atoms. The highest BCUT2D eigenvalue weighted by Crippen LogP contribution is 2.43. The predicted molar refractivity (Wildman–Crippen MR) is 81.9 cm³/mol. The molecule has 108 valence electrons. The van der Waals surface area contributed by atoms with E-state index in [0.29, 0.717) is 29.2 Å². The van der Waals surface area contributed by atoms with Crippen LogP contribution in [0.2, 0.25) is 0 Å². The van der Waals surface area contributed by atoms with E-state index in [1.54, 1.807) is 0 Å². The molecule has 0 heterocycles. The Morgan fingerprint density at radius 1 is 1.39 bits per heavy atom. The monoisotopic (exact) mass is 273 g/mol. The van der Waals surface area contributed by atoms with Gasteiger partial charge in [-0.25, -0.2) is 0 Å². The van der Waals surface area contributed by atoms with Gasteiger partial charge in [-0.15, -0.1) is 0 Å². The van der Waals surface area contributed by atoms with Crippen LogP contribution in [-0.4, -0.2) is 28.8 Å². The molecular weight excluding hydrogens is 242 g/mol. The van der Waals surface area contributed by atoms with Gasteiger partial charge in [-0.2, -0.15) is 11.8 Å². The lowest BCUT2D eigenvalue weighted by atomic mass is 9.69. The summed E-state index contributed by atoms with van der Waals surface area (Å²) in [5.41, 5.74) is 6.72. The fraction of sp³-hybridized carbons (Fsp3) is 1.00. The van der Waals surface area contributed by atoms with E-state index in [1.807, 2.05) is 11.8 Å². The molecule has 4 unspecified atom stereocenters. The van der Waals surface area contributed by atoms with Crippen molar-refractivity contribution in [3.05, 3.63) is 0 Å². The summed E-state index contributed by atoms with van der Waals surface area (Å²) in [6, 6.07) is 0.352. The summed E-state index contributed by atoms with van der Waals surface area (Å²) in [6.07, 6.45) is 4.95. The van der Waals surface area contributed by atoms with Gasteiger partial charge >= 0.3 is 0 Å². The maximum Gasteiger partial charge on any atom is 0.0464 e. The third kappa shape index (κ3) is 4.43. The second kappa shape index (κ2) is 7.16. The Bertz CT molecular complexity index is 245. The minimum atomic E-state index is 0.291. The smallest absolute Gasteiger partial charge is 0.0464 e. The molecule has 3 N–H and O–H groups in total. The van der Waals surface area contributed by atoms with Gasteiger partial charge in [0.05, 0.1) is 0 Å². The van der Waals surface area contributed by atoms with E-state index in [4.69, 9.17) is 10.8 Å². The molecule has 0 saturated heterocycles. The van der Waals surface area contributed by atoms with Crippen molar-refractivity contribution < 1.29 is 5.11 Å². The van der Waals surface area contributed by atoms with Gasteiger partial charge in [0.1, 0.15) is 0 Å². The summed E-state index contributed by atoms with van der Waals surface area (Å²) in [5, 5.41) is 9.69. The quantitative estimate of drug-likeness (QED) is 0.780. The Morgan fingerprint density at radius 2 is 2.06 bits per heavy atom. The second-order valence-electron chi connectivity index (χ2n) is 6.68. The molecule has 0 aromatic rings. The van der Waals surface area contributed by atoms with E-state index in [2.05, 4.69) is 27.7 Å². The molecule has 0 aliphatic heterocycles. The second-order valence-corrected chi connectivity index (χ2v) is 7.95. The van der Waals surface area contributed by atoms with Crippen LogP contribution in [0.1, 0.15) is 53.4 Å². The lowest BCUT2D eigenvalue weighted by molar-refractivity contribution is 0.148. The van der Waals surface area contributed by atoms with Crippen LogP contribution < -0.4 is 5.73 Å². The summed E-state index contributed by atoms with van der Waals surface area (Å²) in [5.74, 6) is 2.24. The molecular formula is C15H31NOS. The Morgan fingerprint density at radius 3 is 2.61 bits per heavy atom. The van der Waals surface area contributed by atoms with Gasteiger partial charge in [0.15, 0.2) is 0 Å². The van der Waals surface area contributed by atoms with Crippen LogP contribution in [0.25, 0.3) is 0 Å². The zero-order valence-electron chi connectivity index (χ0n) is 12.5. The van der Waals surface area contributed by atoms with Gasteiger partial charge in [-0.05, 0) is 42.3 Å². The molecule has 0 aromatic carbocycles. The number of aliphatic hydroxyl groups excluding tert-OH is 1. The Balaban J connectivity index is 2.51. The van der Waals surface area contributed by atoms with Gasteiger partial charge < -0.3 is 10.8 Å². The number of rotatable bonds is 6. The van der Waals surface area contributed by atoms with Gasteiger partial charge in [0.25, 0.3) is 0 Å². The Labute approximate surface area is 117 Å². The molecule has 0 radical (unpaired) electrons. The van der Waals surface area contributed by atoms with Crippen LogP contribution in [0.15, 0.2) is 0 Å². The molecule has 1 fully saturated rings. The lowest BCUT2D eigenvalue weighted by Crippen LogP contribution is -2.42. The molecule has 4 atom stereocenters. The molecule has 0 aromatic heterocycles. The summed E-state index contributed by atoms with van der Waals surface area (Å²) in [6.45, 7) is 9.48. The molecule has 1 rings (SSSR count). The largest absolute Gasteiger partial charge is 0.396 e. The van der Waals surface area contributed by atoms with E-state index >= 15 is 0 Å². The minimum absolute atomic E-state index is 0.291. The van der Waals surface area contributed by atoms with E-state index < -0.39 is 0 Å². The van der Waals surface area contributed by atoms with Gasteiger partial charge in [-0.3, -0.25) is 0 Å². The van der Waals surface area contributed by atoms with Crippen LogP contribution in [0.4, 0.5) is 0 Å². The zero-order valence-corrected chi connectivity index (χ0v) is 13.3. The van der Waals surface area contributed by atoms with Crippen LogP contribution in [0.5, 0.6) is 0 Å². The fourth-order valence-electron chi connectivity index (χ4n) is 2.68. The SMILES string of the molecule is CCC(C)(C)C1CCC(N)C(SCC(C)CO)C1. The summed E-state index contributed by atoms with van der Waals surface area (Å²) < 4.78 is 0.